The van der Waals surface area contributed by atoms with Gasteiger partial charge in [0.05, 0.1) is 5.02 Å². The second-order valence-electron chi connectivity index (χ2n) is 6.71. The number of rotatable bonds is 7. The van der Waals surface area contributed by atoms with Crippen molar-refractivity contribution >= 4 is 23.1 Å². The van der Waals surface area contributed by atoms with Crippen LogP contribution in [0.5, 0.6) is 10.9 Å². The van der Waals surface area contributed by atoms with E-state index in [4.69, 9.17) is 16.3 Å². The van der Waals surface area contributed by atoms with E-state index in [1.165, 1.54) is 28.2 Å². The van der Waals surface area contributed by atoms with Crippen LogP contribution in [0.3, 0.4) is 0 Å². The fourth-order valence-electron chi connectivity index (χ4n) is 2.68. The van der Waals surface area contributed by atoms with Crippen molar-refractivity contribution in [3.63, 3.8) is 0 Å². The van der Waals surface area contributed by atoms with Crippen molar-refractivity contribution in [2.24, 2.45) is 0 Å². The van der Waals surface area contributed by atoms with Gasteiger partial charge in [0.15, 0.2) is 5.82 Å². The topological polar surface area (TPSA) is 38.2 Å². The monoisotopic (exact) mass is 401 g/mol. The lowest BCUT2D eigenvalue weighted by atomic mass is 10.1. The fourth-order valence-corrected chi connectivity index (χ4v) is 3.47. The van der Waals surface area contributed by atoms with Crippen LogP contribution in [0.25, 0.3) is 11.4 Å². The van der Waals surface area contributed by atoms with Gasteiger partial charge in [-0.3, -0.25) is 0 Å². The molecule has 0 fully saturated rings. The predicted molar refractivity (Wildman–Crippen MR) is 113 cm³/mol. The summed E-state index contributed by atoms with van der Waals surface area (Å²) < 4.78 is 10.3. The normalized spacial score (nSPS) is 11.2. The molecule has 4 nitrogen and oxygen atoms in total. The second kappa shape index (κ2) is 8.83. The lowest BCUT2D eigenvalue weighted by molar-refractivity contribution is 0.357. The highest BCUT2D eigenvalue weighted by molar-refractivity contribution is 7.07. The van der Waals surface area contributed by atoms with E-state index in [1.54, 1.807) is 0 Å². The Kier molecular flexibility index (Phi) is 6.47. The van der Waals surface area contributed by atoms with Crippen molar-refractivity contribution in [3.05, 3.63) is 58.1 Å². The van der Waals surface area contributed by atoms with Crippen LogP contribution in [0.1, 0.15) is 23.6 Å². The Labute approximate surface area is 169 Å². The number of hydrogen-bond donors (Lipinski definition) is 0. The van der Waals surface area contributed by atoms with Crippen LogP contribution in [-0.4, -0.2) is 34.4 Å². The van der Waals surface area contributed by atoms with Crippen LogP contribution in [-0.2, 0) is 6.42 Å². The van der Waals surface area contributed by atoms with E-state index in [1.807, 2.05) is 36.4 Å². The molecule has 0 aliphatic heterocycles. The van der Waals surface area contributed by atoms with Gasteiger partial charge < -0.3 is 9.64 Å². The molecule has 0 amide bonds. The number of benzene rings is 2. The van der Waals surface area contributed by atoms with E-state index in [0.29, 0.717) is 21.8 Å². The molecule has 3 rings (SSSR count). The van der Waals surface area contributed by atoms with Crippen LogP contribution in [0.2, 0.25) is 5.02 Å². The molecule has 6 heteroatoms. The summed E-state index contributed by atoms with van der Waals surface area (Å²) in [5, 5.41) is 1.09. The molecule has 1 heterocycles. The van der Waals surface area contributed by atoms with Gasteiger partial charge in [0.2, 0.25) is 0 Å². The Morgan fingerprint density at radius 1 is 1.15 bits per heavy atom. The molecule has 2 aromatic carbocycles. The third-order valence-electron chi connectivity index (χ3n) is 4.61. The summed E-state index contributed by atoms with van der Waals surface area (Å²) in [6.45, 7) is 8.34. The van der Waals surface area contributed by atoms with Gasteiger partial charge in [-0.05, 0) is 57.1 Å². The quantitative estimate of drug-likeness (QED) is 0.504. The maximum atomic E-state index is 6.46. The number of hydrogen-bond acceptors (Lipinski definition) is 5. The Morgan fingerprint density at radius 2 is 1.89 bits per heavy atom. The summed E-state index contributed by atoms with van der Waals surface area (Å²) in [6, 6.07) is 12.1. The first-order chi connectivity index (χ1) is 13.0. The van der Waals surface area contributed by atoms with Crippen molar-refractivity contribution in [2.45, 2.75) is 27.2 Å². The summed E-state index contributed by atoms with van der Waals surface area (Å²) in [6.07, 6.45) is 0.965. The first kappa shape index (κ1) is 19.8. The first-order valence-corrected chi connectivity index (χ1v) is 10.2. The third kappa shape index (κ3) is 5.06. The fraction of sp³-hybridized carbons (Fsp3) is 0.333. The van der Waals surface area contributed by atoms with E-state index < -0.39 is 0 Å². The van der Waals surface area contributed by atoms with Gasteiger partial charge >= 0.3 is 0 Å². The molecular formula is C21H24ClN3OS. The summed E-state index contributed by atoms with van der Waals surface area (Å²) in [5.41, 5.74) is 4.59. The van der Waals surface area contributed by atoms with Crippen molar-refractivity contribution < 1.29 is 4.74 Å². The van der Waals surface area contributed by atoms with Crippen molar-refractivity contribution in [1.82, 2.24) is 14.3 Å². The Morgan fingerprint density at radius 3 is 2.59 bits per heavy atom. The average molecular weight is 402 g/mol. The lowest BCUT2D eigenvalue weighted by Crippen LogP contribution is -2.20. The minimum atomic E-state index is 0.491. The second-order valence-corrected chi connectivity index (χ2v) is 7.83. The molecule has 0 atom stereocenters. The highest BCUT2D eigenvalue weighted by Crippen LogP contribution is 2.34. The maximum absolute atomic E-state index is 6.46. The number of aryl methyl sites for hydroxylation is 2. The minimum absolute atomic E-state index is 0.491. The van der Waals surface area contributed by atoms with Gasteiger partial charge in [0.25, 0.3) is 5.19 Å². The van der Waals surface area contributed by atoms with E-state index in [-0.39, 0.29) is 0 Å². The van der Waals surface area contributed by atoms with E-state index >= 15 is 0 Å². The molecule has 0 saturated carbocycles. The molecule has 0 N–H and O–H groups in total. The van der Waals surface area contributed by atoms with Gasteiger partial charge in [-0.1, -0.05) is 48.4 Å². The van der Waals surface area contributed by atoms with Gasteiger partial charge in [-0.2, -0.15) is 9.36 Å². The number of nitrogens with zero attached hydrogens (tertiary/aromatic N) is 3. The zero-order chi connectivity index (χ0) is 19.4. The van der Waals surface area contributed by atoms with E-state index in [2.05, 4.69) is 42.1 Å². The van der Waals surface area contributed by atoms with Crippen molar-refractivity contribution in [2.75, 3.05) is 20.1 Å². The van der Waals surface area contributed by atoms with Crippen LogP contribution in [0, 0.1) is 13.8 Å². The summed E-state index contributed by atoms with van der Waals surface area (Å²) in [4.78, 5) is 6.77. The maximum Gasteiger partial charge on any atom is 0.299 e. The average Bonchev–Trinajstić information content (AvgIpc) is 3.12. The third-order valence-corrected chi connectivity index (χ3v) is 5.50. The van der Waals surface area contributed by atoms with Crippen LogP contribution in [0.4, 0.5) is 0 Å². The lowest BCUT2D eigenvalue weighted by Gasteiger charge is -2.15. The van der Waals surface area contributed by atoms with Gasteiger partial charge in [0.1, 0.15) is 5.75 Å². The number of ether oxygens (including phenoxy) is 1. The number of halogens is 1. The minimum Gasteiger partial charge on any atom is -0.428 e. The molecule has 0 saturated heterocycles. The highest BCUT2D eigenvalue weighted by Gasteiger charge is 2.13. The zero-order valence-corrected chi connectivity index (χ0v) is 17.7. The van der Waals surface area contributed by atoms with Gasteiger partial charge in [0, 0.05) is 23.6 Å². The van der Waals surface area contributed by atoms with E-state index in [9.17, 15) is 0 Å². The highest BCUT2D eigenvalue weighted by atomic mass is 35.5. The molecular weight excluding hydrogens is 378 g/mol. The molecule has 1 aromatic heterocycles. The molecule has 27 heavy (non-hydrogen) atoms. The van der Waals surface area contributed by atoms with Crippen molar-refractivity contribution in [1.29, 1.82) is 0 Å². The summed E-state index contributed by atoms with van der Waals surface area (Å²) >= 11 is 7.69. The Hall–Kier alpha value is -1.95. The first-order valence-electron chi connectivity index (χ1n) is 9.02. The molecule has 142 valence electrons. The molecule has 0 aliphatic carbocycles. The van der Waals surface area contributed by atoms with Crippen LogP contribution < -0.4 is 4.74 Å². The SMILES string of the molecule is CCN(C)CCc1cc(Cl)c(Oc2nc(-c3ccc(C)cc3)ns2)cc1C. The molecule has 0 radical (unpaired) electrons. The predicted octanol–water partition coefficient (Wildman–Crippen LogP) is 5.76. The molecule has 0 unspecified atom stereocenters. The molecule has 3 aromatic rings. The largest absolute Gasteiger partial charge is 0.428 e. The molecule has 0 aliphatic rings. The number of aromatic nitrogens is 2. The van der Waals surface area contributed by atoms with Gasteiger partial charge in [-0.15, -0.1) is 0 Å². The standard InChI is InChI=1S/C21H24ClN3OS/c1-5-25(4)11-10-17-13-18(22)19(12-15(17)3)26-21-23-20(24-27-21)16-8-6-14(2)7-9-16/h6-9,12-13H,5,10-11H2,1-4H3. The van der Waals surface area contributed by atoms with Crippen LogP contribution >= 0.6 is 23.1 Å². The smallest absolute Gasteiger partial charge is 0.299 e. The van der Waals surface area contributed by atoms with Gasteiger partial charge in [-0.25, -0.2) is 0 Å². The summed E-state index contributed by atoms with van der Waals surface area (Å²) in [7, 11) is 2.12. The van der Waals surface area contributed by atoms with E-state index in [0.717, 1.165) is 25.1 Å². The molecule has 0 spiro atoms. The van der Waals surface area contributed by atoms with Crippen molar-refractivity contribution in [3.8, 4) is 22.3 Å². The zero-order valence-electron chi connectivity index (χ0n) is 16.1. The Bertz CT molecular complexity index is 908. The number of likely N-dealkylation sites (N-methyl/N-ethyl adjacent to an activating group) is 1. The Balaban J connectivity index is 1.74. The molecule has 0 bridgehead atoms. The van der Waals surface area contributed by atoms with Crippen LogP contribution in [0.15, 0.2) is 36.4 Å². The summed E-state index contributed by atoms with van der Waals surface area (Å²) in [5.74, 6) is 1.29.